The molecule has 0 heterocycles. The molecule has 0 fully saturated rings. The Morgan fingerprint density at radius 2 is 1.52 bits per heavy atom. The first-order valence-electron chi connectivity index (χ1n) is 7.30. The van der Waals surface area contributed by atoms with Crippen molar-refractivity contribution in [3.63, 3.8) is 0 Å². The average molecular weight is 314 g/mol. The quantitative estimate of drug-likeness (QED) is 0.418. The molecular formula is C16H18N4O3. The van der Waals surface area contributed by atoms with Gasteiger partial charge in [0.2, 0.25) is 0 Å². The number of benzene rings is 2. The van der Waals surface area contributed by atoms with Crippen molar-refractivity contribution >= 4 is 22.7 Å². The maximum Gasteiger partial charge on any atom is 0.269 e. The summed E-state index contributed by atoms with van der Waals surface area (Å²) >= 11 is 0. The highest BCUT2D eigenvalue weighted by atomic mass is 16.7. The van der Waals surface area contributed by atoms with Gasteiger partial charge in [-0.2, -0.15) is 10.2 Å². The van der Waals surface area contributed by atoms with Crippen LogP contribution in [0.3, 0.4) is 0 Å². The molecule has 2 rings (SSSR count). The predicted octanol–water partition coefficient (Wildman–Crippen LogP) is 4.79. The Balaban J connectivity index is 2.06. The van der Waals surface area contributed by atoms with Crippen molar-refractivity contribution in [1.82, 2.24) is 0 Å². The second-order valence-electron chi connectivity index (χ2n) is 4.60. The molecule has 0 saturated heterocycles. The van der Waals surface area contributed by atoms with Gasteiger partial charge in [0.15, 0.2) is 0 Å². The Kier molecular flexibility index (Phi) is 5.76. The van der Waals surface area contributed by atoms with E-state index in [1.807, 2.05) is 38.1 Å². The first-order chi connectivity index (χ1) is 11.1. The van der Waals surface area contributed by atoms with Crippen LogP contribution in [-0.2, 0) is 4.84 Å². The van der Waals surface area contributed by atoms with Gasteiger partial charge in [-0.15, -0.1) is 0 Å². The minimum absolute atomic E-state index is 0.0314. The molecule has 0 saturated carbocycles. The Morgan fingerprint density at radius 3 is 1.96 bits per heavy atom. The summed E-state index contributed by atoms with van der Waals surface area (Å²) in [6, 6.07) is 13.4. The number of nitro benzene ring substituents is 1. The van der Waals surface area contributed by atoms with Crippen LogP contribution in [0, 0.1) is 10.1 Å². The number of anilines is 1. The minimum atomic E-state index is -0.447. The zero-order chi connectivity index (χ0) is 16.7. The van der Waals surface area contributed by atoms with Crippen LogP contribution in [0.5, 0.6) is 0 Å². The SMILES string of the molecule is CCON(CC)c1ccc(N=Nc2ccc([N+](=O)[O-])cc2)cc1. The molecule has 0 bridgehead atoms. The smallest absolute Gasteiger partial charge is 0.269 e. The molecule has 7 nitrogen and oxygen atoms in total. The number of nitro groups is 1. The molecule has 0 atom stereocenters. The van der Waals surface area contributed by atoms with Crippen LogP contribution in [0.1, 0.15) is 13.8 Å². The van der Waals surface area contributed by atoms with Gasteiger partial charge in [0.1, 0.15) is 0 Å². The number of hydroxylamine groups is 1. The molecule has 0 aromatic heterocycles. The molecule has 0 N–H and O–H groups in total. The molecule has 0 unspecified atom stereocenters. The van der Waals surface area contributed by atoms with Crippen molar-refractivity contribution in [3.8, 4) is 0 Å². The van der Waals surface area contributed by atoms with Crippen molar-refractivity contribution in [1.29, 1.82) is 0 Å². The van der Waals surface area contributed by atoms with E-state index in [4.69, 9.17) is 4.84 Å². The lowest BCUT2D eigenvalue weighted by atomic mass is 10.3. The Bertz CT molecular complexity index is 669. The molecule has 7 heteroatoms. The van der Waals surface area contributed by atoms with E-state index in [0.717, 1.165) is 12.2 Å². The normalized spacial score (nSPS) is 10.9. The molecule has 0 aliphatic heterocycles. The van der Waals surface area contributed by atoms with Gasteiger partial charge in [0.25, 0.3) is 5.69 Å². The van der Waals surface area contributed by atoms with E-state index in [-0.39, 0.29) is 5.69 Å². The summed E-state index contributed by atoms with van der Waals surface area (Å²) < 4.78 is 0. The summed E-state index contributed by atoms with van der Waals surface area (Å²) in [5, 5.41) is 20.6. The van der Waals surface area contributed by atoms with E-state index in [2.05, 4.69) is 10.2 Å². The van der Waals surface area contributed by atoms with E-state index in [0.29, 0.717) is 18.0 Å². The first-order valence-corrected chi connectivity index (χ1v) is 7.30. The first kappa shape index (κ1) is 16.6. The lowest BCUT2D eigenvalue weighted by Gasteiger charge is -2.21. The van der Waals surface area contributed by atoms with Gasteiger partial charge in [-0.25, -0.2) is 0 Å². The second kappa shape index (κ2) is 8.00. The monoisotopic (exact) mass is 314 g/mol. The van der Waals surface area contributed by atoms with Gasteiger partial charge in [-0.3, -0.25) is 20.0 Å². The number of rotatable bonds is 7. The largest absolute Gasteiger partial charge is 0.274 e. The van der Waals surface area contributed by atoms with Gasteiger partial charge in [0.05, 0.1) is 28.6 Å². The molecule has 2 aromatic carbocycles. The Hall–Kier alpha value is -2.80. The summed E-state index contributed by atoms with van der Waals surface area (Å²) in [5.41, 5.74) is 2.23. The van der Waals surface area contributed by atoms with E-state index < -0.39 is 4.92 Å². The van der Waals surface area contributed by atoms with Crippen molar-refractivity contribution in [2.24, 2.45) is 10.2 Å². The van der Waals surface area contributed by atoms with Crippen LogP contribution in [0.2, 0.25) is 0 Å². The number of hydrogen-bond acceptors (Lipinski definition) is 6. The van der Waals surface area contributed by atoms with Crippen LogP contribution in [0.4, 0.5) is 22.7 Å². The maximum atomic E-state index is 10.6. The zero-order valence-corrected chi connectivity index (χ0v) is 13.0. The van der Waals surface area contributed by atoms with Gasteiger partial charge in [-0.1, -0.05) is 0 Å². The number of azo groups is 1. The highest BCUT2D eigenvalue weighted by Crippen LogP contribution is 2.23. The lowest BCUT2D eigenvalue weighted by Crippen LogP contribution is -2.22. The van der Waals surface area contributed by atoms with Gasteiger partial charge in [0, 0.05) is 18.7 Å². The highest BCUT2D eigenvalue weighted by molar-refractivity contribution is 5.51. The lowest BCUT2D eigenvalue weighted by molar-refractivity contribution is -0.384. The van der Waals surface area contributed by atoms with Crippen LogP contribution < -0.4 is 5.06 Å². The second-order valence-corrected chi connectivity index (χ2v) is 4.60. The van der Waals surface area contributed by atoms with E-state index in [1.165, 1.54) is 12.1 Å². The fourth-order valence-corrected chi connectivity index (χ4v) is 1.95. The Labute approximate surface area is 134 Å². The highest BCUT2D eigenvalue weighted by Gasteiger charge is 2.04. The summed E-state index contributed by atoms with van der Waals surface area (Å²) in [6.07, 6.45) is 0. The van der Waals surface area contributed by atoms with Crippen molar-refractivity contribution in [2.75, 3.05) is 18.2 Å². The fraction of sp³-hybridized carbons (Fsp3) is 0.250. The van der Waals surface area contributed by atoms with Crippen molar-refractivity contribution in [3.05, 3.63) is 58.6 Å². The van der Waals surface area contributed by atoms with E-state index >= 15 is 0 Å². The molecule has 0 aliphatic carbocycles. The predicted molar refractivity (Wildman–Crippen MR) is 88.4 cm³/mol. The summed E-state index contributed by atoms with van der Waals surface area (Å²) in [7, 11) is 0. The molecule has 0 radical (unpaired) electrons. The average Bonchev–Trinajstić information content (AvgIpc) is 2.59. The summed E-state index contributed by atoms with van der Waals surface area (Å²) in [4.78, 5) is 15.6. The van der Waals surface area contributed by atoms with Crippen LogP contribution in [0.15, 0.2) is 58.8 Å². The standard InChI is InChI=1S/C16H18N4O3/c1-3-19(23-4-2)15-9-5-13(6-10-15)17-18-14-7-11-16(12-8-14)20(21)22/h5-12H,3-4H2,1-2H3. The third-order valence-electron chi connectivity index (χ3n) is 3.05. The molecule has 0 aliphatic rings. The summed E-state index contributed by atoms with van der Waals surface area (Å²) in [5.74, 6) is 0. The van der Waals surface area contributed by atoms with E-state index in [1.54, 1.807) is 17.2 Å². The molecule has 23 heavy (non-hydrogen) atoms. The van der Waals surface area contributed by atoms with Crippen LogP contribution >= 0.6 is 0 Å². The number of non-ortho nitro benzene ring substituents is 1. The van der Waals surface area contributed by atoms with Crippen LogP contribution in [-0.4, -0.2) is 18.1 Å². The van der Waals surface area contributed by atoms with Crippen LogP contribution in [0.25, 0.3) is 0 Å². The maximum absolute atomic E-state index is 10.6. The van der Waals surface area contributed by atoms with Crippen molar-refractivity contribution < 1.29 is 9.76 Å². The molecule has 2 aromatic rings. The Morgan fingerprint density at radius 1 is 1.00 bits per heavy atom. The topological polar surface area (TPSA) is 80.3 Å². The van der Waals surface area contributed by atoms with Gasteiger partial charge in [-0.05, 0) is 50.2 Å². The van der Waals surface area contributed by atoms with Gasteiger partial charge >= 0.3 is 0 Å². The van der Waals surface area contributed by atoms with Gasteiger partial charge < -0.3 is 0 Å². The molecule has 120 valence electrons. The third kappa shape index (κ3) is 4.58. The third-order valence-corrected chi connectivity index (χ3v) is 3.05. The molecule has 0 spiro atoms. The van der Waals surface area contributed by atoms with Crippen molar-refractivity contribution in [2.45, 2.75) is 13.8 Å². The number of nitrogens with zero attached hydrogens (tertiary/aromatic N) is 4. The minimum Gasteiger partial charge on any atom is -0.274 e. The fourth-order valence-electron chi connectivity index (χ4n) is 1.95. The summed E-state index contributed by atoms with van der Waals surface area (Å²) in [6.45, 7) is 5.31. The van der Waals surface area contributed by atoms with E-state index in [9.17, 15) is 10.1 Å². The molecule has 0 amide bonds. The molecular weight excluding hydrogens is 296 g/mol. The number of hydrogen-bond donors (Lipinski definition) is 0. The zero-order valence-electron chi connectivity index (χ0n) is 13.0.